The lowest BCUT2D eigenvalue weighted by Crippen LogP contribution is -2.50. The molecule has 2 atom stereocenters. The van der Waals surface area contributed by atoms with Crippen LogP contribution >= 0.6 is 0 Å². The Hall–Kier alpha value is -3.37. The number of hydrogen-bond acceptors (Lipinski definition) is 4. The second-order valence-corrected chi connectivity index (χ2v) is 8.17. The van der Waals surface area contributed by atoms with Gasteiger partial charge in [0.15, 0.2) is 5.82 Å². The van der Waals surface area contributed by atoms with Crippen LogP contribution in [0.1, 0.15) is 43.0 Å². The molecule has 4 heterocycles. The van der Waals surface area contributed by atoms with E-state index in [1.807, 2.05) is 30.5 Å². The summed E-state index contributed by atoms with van der Waals surface area (Å²) in [5.41, 5.74) is 1.86. The van der Waals surface area contributed by atoms with Crippen LogP contribution in [0.15, 0.2) is 30.5 Å². The van der Waals surface area contributed by atoms with Crippen LogP contribution in [-0.4, -0.2) is 53.9 Å². The fourth-order valence-corrected chi connectivity index (χ4v) is 4.72. The number of aromatic amines is 1. The van der Waals surface area contributed by atoms with Gasteiger partial charge in [0.25, 0.3) is 0 Å². The standard InChI is InChI=1S/C21H21F3N6O2/c1-12-18-26-27-20(21(22,23)24)29(18)9-8-28(12)19(32)16-6-7-17(31)30(16)11-13-10-25-15-5-3-2-4-14(13)15/h2-5,10,12,16,25H,6-9,11H2,1H3. The highest BCUT2D eigenvalue weighted by atomic mass is 19.4. The summed E-state index contributed by atoms with van der Waals surface area (Å²) in [6, 6.07) is 6.39. The van der Waals surface area contributed by atoms with Gasteiger partial charge in [0, 0.05) is 43.2 Å². The van der Waals surface area contributed by atoms with Gasteiger partial charge in [-0.1, -0.05) is 18.2 Å². The van der Waals surface area contributed by atoms with Gasteiger partial charge < -0.3 is 19.4 Å². The molecule has 0 bridgehead atoms. The zero-order chi connectivity index (χ0) is 22.6. The van der Waals surface area contributed by atoms with Gasteiger partial charge in [0.2, 0.25) is 17.6 Å². The van der Waals surface area contributed by atoms with E-state index in [4.69, 9.17) is 0 Å². The Morgan fingerprint density at radius 2 is 2.00 bits per heavy atom. The van der Waals surface area contributed by atoms with Gasteiger partial charge in [-0.05, 0) is 25.0 Å². The molecule has 0 aliphatic carbocycles. The van der Waals surface area contributed by atoms with Gasteiger partial charge >= 0.3 is 6.18 Å². The third kappa shape index (κ3) is 3.23. The van der Waals surface area contributed by atoms with Crippen LogP contribution in [0.3, 0.4) is 0 Å². The number of aromatic nitrogens is 4. The molecule has 3 aromatic rings. The van der Waals surface area contributed by atoms with Gasteiger partial charge in [-0.3, -0.25) is 9.59 Å². The molecule has 0 saturated carbocycles. The Kier molecular flexibility index (Phi) is 4.72. The molecule has 32 heavy (non-hydrogen) atoms. The monoisotopic (exact) mass is 446 g/mol. The Bertz CT molecular complexity index is 1200. The van der Waals surface area contributed by atoms with Crippen molar-refractivity contribution in [2.24, 2.45) is 0 Å². The Balaban J connectivity index is 1.38. The van der Waals surface area contributed by atoms with Crippen molar-refractivity contribution in [1.29, 1.82) is 0 Å². The summed E-state index contributed by atoms with van der Waals surface area (Å²) in [6.07, 6.45) is -2.13. The highest BCUT2D eigenvalue weighted by Gasteiger charge is 2.44. The van der Waals surface area contributed by atoms with Crippen LogP contribution in [0.25, 0.3) is 10.9 Å². The van der Waals surface area contributed by atoms with Crippen molar-refractivity contribution < 1.29 is 22.8 Å². The number of nitrogens with zero attached hydrogens (tertiary/aromatic N) is 5. The van der Waals surface area contributed by atoms with E-state index in [-0.39, 0.29) is 43.7 Å². The second-order valence-electron chi connectivity index (χ2n) is 8.17. The molecule has 2 aliphatic rings. The largest absolute Gasteiger partial charge is 0.451 e. The normalized spacial score (nSPS) is 21.4. The number of hydrogen-bond donors (Lipinski definition) is 1. The summed E-state index contributed by atoms with van der Waals surface area (Å²) in [4.78, 5) is 32.3. The fraction of sp³-hybridized carbons (Fsp3) is 0.429. The van der Waals surface area contributed by atoms with E-state index in [1.54, 1.807) is 11.8 Å². The number of amides is 2. The number of likely N-dealkylation sites (tertiary alicyclic amines) is 1. The number of carbonyl (C=O) groups is 2. The van der Waals surface area contributed by atoms with Crippen LogP contribution in [0.4, 0.5) is 13.2 Å². The number of alkyl halides is 3. The van der Waals surface area contributed by atoms with Gasteiger partial charge in [0.1, 0.15) is 6.04 Å². The number of benzene rings is 1. The van der Waals surface area contributed by atoms with Gasteiger partial charge in [-0.15, -0.1) is 10.2 Å². The molecule has 5 rings (SSSR count). The second kappa shape index (κ2) is 7.35. The number of halogens is 3. The highest BCUT2D eigenvalue weighted by molar-refractivity contribution is 5.92. The Morgan fingerprint density at radius 1 is 1.22 bits per heavy atom. The minimum atomic E-state index is -4.61. The van der Waals surface area contributed by atoms with Crippen molar-refractivity contribution in [1.82, 2.24) is 29.5 Å². The molecule has 1 N–H and O–H groups in total. The predicted molar refractivity (Wildman–Crippen MR) is 107 cm³/mol. The quantitative estimate of drug-likeness (QED) is 0.670. The molecule has 2 amide bonds. The summed E-state index contributed by atoms with van der Waals surface area (Å²) in [6.45, 7) is 1.98. The topological polar surface area (TPSA) is 87.1 Å². The van der Waals surface area contributed by atoms with E-state index in [0.29, 0.717) is 6.42 Å². The van der Waals surface area contributed by atoms with Crippen LogP contribution in [0.2, 0.25) is 0 Å². The molecule has 1 aromatic carbocycles. The fourth-order valence-electron chi connectivity index (χ4n) is 4.72. The first-order valence-electron chi connectivity index (χ1n) is 10.4. The number of rotatable bonds is 3. The number of nitrogens with one attached hydrogen (secondary N) is 1. The van der Waals surface area contributed by atoms with Crippen LogP contribution < -0.4 is 0 Å². The molecule has 8 nitrogen and oxygen atoms in total. The lowest BCUT2D eigenvalue weighted by Gasteiger charge is -2.37. The van der Waals surface area contributed by atoms with Crippen LogP contribution in [0, 0.1) is 0 Å². The van der Waals surface area contributed by atoms with E-state index in [2.05, 4.69) is 15.2 Å². The molecule has 0 spiro atoms. The average molecular weight is 446 g/mol. The predicted octanol–water partition coefficient (Wildman–Crippen LogP) is 2.87. The minimum absolute atomic E-state index is 0.0453. The first kappa shape index (κ1) is 20.5. The number of fused-ring (bicyclic) bond motifs is 2. The summed E-state index contributed by atoms with van der Waals surface area (Å²) < 4.78 is 40.5. The zero-order valence-corrected chi connectivity index (χ0v) is 17.3. The summed E-state index contributed by atoms with van der Waals surface area (Å²) in [5.74, 6) is -1.33. The van der Waals surface area contributed by atoms with Crippen molar-refractivity contribution in [2.75, 3.05) is 6.54 Å². The molecular formula is C21H21F3N6O2. The van der Waals surface area contributed by atoms with E-state index in [1.165, 1.54) is 4.90 Å². The molecule has 1 saturated heterocycles. The number of H-pyrrole nitrogens is 1. The van der Waals surface area contributed by atoms with Crippen LogP contribution in [0.5, 0.6) is 0 Å². The van der Waals surface area contributed by atoms with Crippen molar-refractivity contribution in [3.05, 3.63) is 47.7 Å². The molecule has 2 aliphatic heterocycles. The molecule has 2 unspecified atom stereocenters. The maximum atomic E-state index is 13.4. The lowest BCUT2D eigenvalue weighted by molar-refractivity contribution is -0.149. The van der Waals surface area contributed by atoms with E-state index in [0.717, 1.165) is 21.0 Å². The first-order valence-corrected chi connectivity index (χ1v) is 10.4. The van der Waals surface area contributed by atoms with Crippen molar-refractivity contribution in [3.63, 3.8) is 0 Å². The summed E-state index contributed by atoms with van der Waals surface area (Å²) in [5, 5.41) is 7.99. The van der Waals surface area contributed by atoms with E-state index in [9.17, 15) is 22.8 Å². The molecule has 168 valence electrons. The third-order valence-corrected chi connectivity index (χ3v) is 6.35. The molecule has 2 aromatic heterocycles. The Morgan fingerprint density at radius 3 is 2.78 bits per heavy atom. The van der Waals surface area contributed by atoms with E-state index >= 15 is 0 Å². The molecule has 11 heteroatoms. The van der Waals surface area contributed by atoms with E-state index < -0.39 is 24.1 Å². The summed E-state index contributed by atoms with van der Waals surface area (Å²) in [7, 11) is 0. The van der Waals surface area contributed by atoms with Gasteiger partial charge in [-0.25, -0.2) is 0 Å². The third-order valence-electron chi connectivity index (χ3n) is 6.35. The molecule has 1 fully saturated rings. The van der Waals surface area contributed by atoms with Crippen molar-refractivity contribution in [3.8, 4) is 0 Å². The summed E-state index contributed by atoms with van der Waals surface area (Å²) >= 11 is 0. The van der Waals surface area contributed by atoms with Gasteiger partial charge in [-0.2, -0.15) is 13.2 Å². The SMILES string of the molecule is CC1c2nnc(C(F)(F)F)n2CCN1C(=O)C1CCC(=O)N1Cc1c[nH]c2ccccc12. The first-order chi connectivity index (χ1) is 15.3. The zero-order valence-electron chi connectivity index (χ0n) is 17.3. The van der Waals surface area contributed by atoms with Crippen molar-refractivity contribution in [2.45, 2.75) is 51.1 Å². The lowest BCUT2D eigenvalue weighted by atomic mass is 10.1. The maximum absolute atomic E-state index is 13.4. The maximum Gasteiger partial charge on any atom is 0.451 e. The van der Waals surface area contributed by atoms with Crippen molar-refractivity contribution >= 4 is 22.7 Å². The van der Waals surface area contributed by atoms with Gasteiger partial charge in [0.05, 0.1) is 6.04 Å². The number of para-hydroxylation sites is 1. The number of carbonyl (C=O) groups excluding carboxylic acids is 2. The average Bonchev–Trinajstić information content (AvgIpc) is 3.46. The highest BCUT2D eigenvalue weighted by Crippen LogP contribution is 2.34. The molecule has 0 radical (unpaired) electrons. The van der Waals surface area contributed by atoms with Crippen LogP contribution in [-0.2, 0) is 28.9 Å². The Labute approximate surface area is 181 Å². The minimum Gasteiger partial charge on any atom is -0.361 e. The molecular weight excluding hydrogens is 425 g/mol. The smallest absolute Gasteiger partial charge is 0.361 e.